The lowest BCUT2D eigenvalue weighted by atomic mass is 9.44. The SMILES string of the molecule is CCC(=O)O[C@H]1C[C@@H]2CCC3C4C[C@H]([N+]5(C)CCCCCC5)[C@H](OC(=O)CC)[C@@]4(C)CCC3[C@@]2(C)C[C@@H]1N1CCOCC1. The second kappa shape index (κ2) is 12.5. The van der Waals surface area contributed by atoms with E-state index in [1.807, 2.05) is 13.8 Å². The second-order valence-electron chi connectivity index (χ2n) is 16.1. The smallest absolute Gasteiger partial charge is 0.306 e. The van der Waals surface area contributed by atoms with Crippen LogP contribution in [0.25, 0.3) is 0 Å². The van der Waals surface area contributed by atoms with Gasteiger partial charge in [0.1, 0.15) is 12.1 Å². The van der Waals surface area contributed by atoms with Crippen molar-refractivity contribution in [2.24, 2.45) is 34.5 Å². The van der Waals surface area contributed by atoms with Crippen LogP contribution < -0.4 is 0 Å². The average molecular weight is 602 g/mol. The Balaban J connectivity index is 1.29. The number of likely N-dealkylation sites (tertiary alicyclic amines) is 1. The largest absolute Gasteiger partial charge is 0.461 e. The molecule has 6 rings (SSSR count). The Hall–Kier alpha value is -1.18. The lowest BCUT2D eigenvalue weighted by Gasteiger charge is -2.62. The third-order valence-electron chi connectivity index (χ3n) is 14.1. The summed E-state index contributed by atoms with van der Waals surface area (Å²) in [6.45, 7) is 14.8. The van der Waals surface area contributed by atoms with Crippen molar-refractivity contribution in [3.63, 3.8) is 0 Å². The highest BCUT2D eigenvalue weighted by Crippen LogP contribution is 2.67. The van der Waals surface area contributed by atoms with Crippen molar-refractivity contribution in [2.75, 3.05) is 46.4 Å². The van der Waals surface area contributed by atoms with Gasteiger partial charge in [-0.3, -0.25) is 14.5 Å². The zero-order chi connectivity index (χ0) is 30.4. The van der Waals surface area contributed by atoms with Gasteiger partial charge in [0.25, 0.3) is 0 Å². The van der Waals surface area contributed by atoms with Crippen molar-refractivity contribution in [3.05, 3.63) is 0 Å². The quantitative estimate of drug-likeness (QED) is 0.276. The summed E-state index contributed by atoms with van der Waals surface area (Å²) in [5, 5.41) is 0. The molecule has 3 unspecified atom stereocenters. The van der Waals surface area contributed by atoms with Crippen molar-refractivity contribution in [1.29, 1.82) is 0 Å². The molecule has 0 spiro atoms. The van der Waals surface area contributed by atoms with Gasteiger partial charge in [0.05, 0.1) is 33.4 Å². The maximum Gasteiger partial charge on any atom is 0.306 e. The first-order valence-electron chi connectivity index (χ1n) is 18.2. The molecule has 6 aliphatic rings. The van der Waals surface area contributed by atoms with E-state index >= 15 is 0 Å². The van der Waals surface area contributed by atoms with Crippen LogP contribution in [-0.2, 0) is 23.8 Å². The molecule has 43 heavy (non-hydrogen) atoms. The molecule has 0 aromatic heterocycles. The fourth-order valence-corrected chi connectivity index (χ4v) is 11.6. The van der Waals surface area contributed by atoms with E-state index in [0.29, 0.717) is 42.6 Å². The minimum atomic E-state index is -0.0521. The molecule has 244 valence electrons. The lowest BCUT2D eigenvalue weighted by Crippen LogP contribution is -2.62. The van der Waals surface area contributed by atoms with Crippen LogP contribution >= 0.6 is 0 Å². The Morgan fingerprint density at radius 1 is 0.860 bits per heavy atom. The van der Waals surface area contributed by atoms with Gasteiger partial charge in [-0.15, -0.1) is 0 Å². The number of carbonyl (C=O) groups excluding carboxylic acids is 2. The lowest BCUT2D eigenvalue weighted by molar-refractivity contribution is -0.935. The van der Waals surface area contributed by atoms with E-state index in [2.05, 4.69) is 25.8 Å². The number of nitrogens with zero attached hydrogens (tertiary/aromatic N) is 2. The van der Waals surface area contributed by atoms with Crippen LogP contribution in [0.15, 0.2) is 0 Å². The number of rotatable bonds is 6. The Kier molecular flexibility index (Phi) is 9.28. The summed E-state index contributed by atoms with van der Waals surface area (Å²) in [7, 11) is 2.49. The summed E-state index contributed by atoms with van der Waals surface area (Å²) in [5.41, 5.74) is 0.308. The van der Waals surface area contributed by atoms with Gasteiger partial charge < -0.3 is 18.7 Å². The third kappa shape index (κ3) is 5.71. The highest BCUT2D eigenvalue weighted by Gasteiger charge is 2.67. The number of hydrogen-bond acceptors (Lipinski definition) is 6. The van der Waals surface area contributed by atoms with E-state index < -0.39 is 0 Å². The number of ether oxygens (including phenoxy) is 3. The Morgan fingerprint density at radius 3 is 2.21 bits per heavy atom. The van der Waals surface area contributed by atoms with Crippen LogP contribution in [0.5, 0.6) is 0 Å². The van der Waals surface area contributed by atoms with Crippen molar-refractivity contribution in [1.82, 2.24) is 4.90 Å². The third-order valence-corrected chi connectivity index (χ3v) is 14.1. The van der Waals surface area contributed by atoms with Crippen LogP contribution in [-0.4, -0.2) is 92.1 Å². The number of quaternary nitrogens is 1. The van der Waals surface area contributed by atoms with Gasteiger partial charge in [-0.25, -0.2) is 0 Å². The number of hydrogen-bond donors (Lipinski definition) is 0. The summed E-state index contributed by atoms with van der Waals surface area (Å²) in [4.78, 5) is 28.1. The predicted octanol–water partition coefficient (Wildman–Crippen LogP) is 5.98. The van der Waals surface area contributed by atoms with E-state index in [0.717, 1.165) is 50.0 Å². The fraction of sp³-hybridized carbons (Fsp3) is 0.944. The molecule has 0 N–H and O–H groups in total. The molecule has 7 nitrogen and oxygen atoms in total. The van der Waals surface area contributed by atoms with Crippen molar-refractivity contribution in [3.8, 4) is 0 Å². The highest BCUT2D eigenvalue weighted by molar-refractivity contribution is 5.69. The molecular weight excluding hydrogens is 540 g/mol. The normalized spacial score (nSPS) is 44.8. The molecule has 0 amide bonds. The van der Waals surface area contributed by atoms with Crippen LogP contribution in [0.3, 0.4) is 0 Å². The zero-order valence-corrected chi connectivity index (χ0v) is 28.0. The molecule has 10 atom stereocenters. The second-order valence-corrected chi connectivity index (χ2v) is 16.1. The zero-order valence-electron chi connectivity index (χ0n) is 28.0. The molecule has 0 aromatic carbocycles. The van der Waals surface area contributed by atoms with Gasteiger partial charge in [-0.05, 0) is 93.3 Å². The Bertz CT molecular complexity index is 1010. The van der Waals surface area contributed by atoms with Crippen LogP contribution in [0.4, 0.5) is 0 Å². The molecule has 2 heterocycles. The van der Waals surface area contributed by atoms with Gasteiger partial charge in [-0.2, -0.15) is 0 Å². The van der Waals surface area contributed by atoms with Gasteiger partial charge >= 0.3 is 11.9 Å². The van der Waals surface area contributed by atoms with E-state index in [1.54, 1.807) is 0 Å². The fourth-order valence-electron chi connectivity index (χ4n) is 11.6. The molecule has 4 saturated carbocycles. The summed E-state index contributed by atoms with van der Waals surface area (Å²) < 4.78 is 19.6. The first-order valence-corrected chi connectivity index (χ1v) is 18.2. The molecular formula is C36H61N2O5+. The molecule has 4 aliphatic carbocycles. The first kappa shape index (κ1) is 31.8. The number of morpholine rings is 1. The minimum absolute atomic E-state index is 0.00443. The molecule has 0 bridgehead atoms. The van der Waals surface area contributed by atoms with E-state index in [-0.39, 0.29) is 41.0 Å². The van der Waals surface area contributed by atoms with Crippen molar-refractivity contribution >= 4 is 11.9 Å². The number of carbonyl (C=O) groups is 2. The van der Waals surface area contributed by atoms with Gasteiger partial charge in [0.2, 0.25) is 0 Å². The molecule has 6 fully saturated rings. The van der Waals surface area contributed by atoms with Gasteiger partial charge in [0, 0.05) is 43.8 Å². The van der Waals surface area contributed by atoms with Gasteiger partial charge in [-0.1, -0.05) is 27.7 Å². The van der Waals surface area contributed by atoms with Crippen LogP contribution in [0, 0.1) is 34.5 Å². The summed E-state index contributed by atoms with van der Waals surface area (Å²) in [5.74, 6) is 2.52. The number of fused-ring (bicyclic) bond motifs is 5. The van der Waals surface area contributed by atoms with Crippen molar-refractivity contribution < 1.29 is 28.3 Å². The van der Waals surface area contributed by atoms with Gasteiger partial charge in [0.15, 0.2) is 6.10 Å². The highest BCUT2D eigenvalue weighted by atomic mass is 16.6. The predicted molar refractivity (Wildman–Crippen MR) is 167 cm³/mol. The standard InChI is InChI=1S/C36H61N2O5/c1-6-32(39)42-31-22-25-12-13-26-27(36(25,4)24-29(31)37-16-20-41-21-17-37)14-15-35(3)28(26)23-30(34(35)43-33(40)7-2)38(5)18-10-8-9-11-19-38/h25-31,34H,6-24H2,1-5H3/q+1/t25-,26?,27?,28?,29-,30-,31-,34-,35-,36-/m0/s1. The maximum absolute atomic E-state index is 12.9. The van der Waals surface area contributed by atoms with E-state index in [9.17, 15) is 9.59 Å². The number of esters is 2. The van der Waals surface area contributed by atoms with E-state index in [4.69, 9.17) is 14.2 Å². The molecule has 0 radical (unpaired) electrons. The van der Waals surface area contributed by atoms with Crippen LogP contribution in [0.2, 0.25) is 0 Å². The Morgan fingerprint density at radius 2 is 1.53 bits per heavy atom. The topological polar surface area (TPSA) is 65.1 Å². The first-order chi connectivity index (χ1) is 20.6. The Labute approximate surface area is 261 Å². The minimum Gasteiger partial charge on any atom is -0.461 e. The van der Waals surface area contributed by atoms with E-state index in [1.165, 1.54) is 64.5 Å². The monoisotopic (exact) mass is 601 g/mol. The van der Waals surface area contributed by atoms with Crippen molar-refractivity contribution in [2.45, 2.75) is 135 Å². The summed E-state index contributed by atoms with van der Waals surface area (Å²) in [6.07, 6.45) is 14.4. The molecule has 0 aromatic rings. The molecule has 2 aliphatic heterocycles. The maximum atomic E-state index is 12.9. The van der Waals surface area contributed by atoms with Crippen LogP contribution in [0.1, 0.15) is 111 Å². The molecule has 2 saturated heterocycles. The summed E-state index contributed by atoms with van der Waals surface area (Å²) >= 11 is 0. The number of likely N-dealkylation sites (N-methyl/N-ethyl adjacent to an activating group) is 1. The average Bonchev–Trinajstić information content (AvgIpc) is 3.14. The molecule has 7 heteroatoms. The summed E-state index contributed by atoms with van der Waals surface area (Å²) in [6, 6.07) is 0.696.